The van der Waals surface area contributed by atoms with Crippen LogP contribution in [0.4, 0.5) is 0 Å². The highest BCUT2D eigenvalue weighted by Gasteiger charge is 2.70. The summed E-state index contributed by atoms with van der Waals surface area (Å²) < 4.78 is 5.33. The van der Waals surface area contributed by atoms with E-state index in [1.807, 2.05) is 6.08 Å². The number of nitrogens with one attached hydrogen (secondary N) is 1. The summed E-state index contributed by atoms with van der Waals surface area (Å²) in [6.07, 6.45) is 15.3. The van der Waals surface area contributed by atoms with E-state index in [0.29, 0.717) is 6.04 Å². The molecule has 116 valence electrons. The summed E-state index contributed by atoms with van der Waals surface area (Å²) in [4.78, 5) is 2.40. The largest absolute Gasteiger partial charge is 0.497 e. The van der Waals surface area contributed by atoms with Crippen molar-refractivity contribution in [1.29, 1.82) is 0 Å². The molecule has 5 unspecified atom stereocenters. The molecule has 2 saturated heterocycles. The van der Waals surface area contributed by atoms with E-state index in [0.717, 1.165) is 18.1 Å². The van der Waals surface area contributed by atoms with Gasteiger partial charge in [0.2, 0.25) is 0 Å². The fraction of sp³-hybridized carbons (Fsp3) is 0.765. The number of aliphatic hydroxyl groups is 1. The van der Waals surface area contributed by atoms with Crippen LogP contribution in [0.5, 0.6) is 0 Å². The van der Waals surface area contributed by atoms with Crippen LogP contribution in [0.3, 0.4) is 0 Å². The SMILES string of the molecule is COC1=CC23NC(O)C(CCCCCC4CC4)N2C3C=C1. The van der Waals surface area contributed by atoms with Gasteiger partial charge < -0.3 is 9.84 Å². The van der Waals surface area contributed by atoms with E-state index in [9.17, 15) is 5.11 Å². The molecule has 4 nitrogen and oxygen atoms in total. The van der Waals surface area contributed by atoms with Crippen molar-refractivity contribution in [1.82, 2.24) is 10.2 Å². The molecule has 4 heteroatoms. The Labute approximate surface area is 126 Å². The minimum Gasteiger partial charge on any atom is -0.497 e. The summed E-state index contributed by atoms with van der Waals surface area (Å²) in [5, 5.41) is 13.7. The maximum absolute atomic E-state index is 10.3. The molecule has 0 amide bonds. The van der Waals surface area contributed by atoms with Crippen molar-refractivity contribution in [3.8, 4) is 0 Å². The Morgan fingerprint density at radius 1 is 1.33 bits per heavy atom. The number of aliphatic hydroxyl groups excluding tert-OH is 1. The van der Waals surface area contributed by atoms with Crippen LogP contribution in [-0.4, -0.2) is 41.1 Å². The summed E-state index contributed by atoms with van der Waals surface area (Å²) in [5.74, 6) is 1.93. The van der Waals surface area contributed by atoms with Gasteiger partial charge in [-0.15, -0.1) is 0 Å². The topological polar surface area (TPSA) is 44.5 Å². The summed E-state index contributed by atoms with van der Waals surface area (Å²) in [5.41, 5.74) is -0.168. The van der Waals surface area contributed by atoms with E-state index >= 15 is 0 Å². The second-order valence-electron chi connectivity index (χ2n) is 7.03. The Hall–Kier alpha value is -0.840. The van der Waals surface area contributed by atoms with Gasteiger partial charge in [-0.05, 0) is 24.5 Å². The smallest absolute Gasteiger partial charge is 0.122 e. The second-order valence-corrected chi connectivity index (χ2v) is 7.03. The lowest BCUT2D eigenvalue weighted by atomic mass is 10.0. The number of hydrogen-bond donors (Lipinski definition) is 2. The van der Waals surface area contributed by atoms with Crippen LogP contribution >= 0.6 is 0 Å². The highest BCUT2D eigenvalue weighted by Crippen LogP contribution is 2.52. The normalized spacial score (nSPS) is 43.2. The monoisotopic (exact) mass is 290 g/mol. The third-order valence-electron chi connectivity index (χ3n) is 5.56. The van der Waals surface area contributed by atoms with Gasteiger partial charge in [0.15, 0.2) is 0 Å². The molecule has 0 radical (unpaired) electrons. The minimum atomic E-state index is -0.412. The van der Waals surface area contributed by atoms with Crippen LogP contribution in [0.15, 0.2) is 24.0 Å². The molecule has 0 aromatic heterocycles. The molecule has 1 spiro atoms. The number of ether oxygens (including phenoxy) is 1. The lowest BCUT2D eigenvalue weighted by molar-refractivity contribution is 0.0988. The first-order valence-electron chi connectivity index (χ1n) is 8.44. The van der Waals surface area contributed by atoms with Crippen LogP contribution in [0, 0.1) is 5.92 Å². The summed E-state index contributed by atoms with van der Waals surface area (Å²) >= 11 is 0. The quantitative estimate of drug-likeness (QED) is 0.557. The molecule has 21 heavy (non-hydrogen) atoms. The number of hydrogen-bond acceptors (Lipinski definition) is 4. The standard InChI is InChI=1S/C17H26N2O2/c1-21-13-9-10-15-17(11-13)18-16(20)14(19(15)17)6-4-2-3-5-12-7-8-12/h9-12,14-16,18,20H,2-8H2,1H3. The van der Waals surface area contributed by atoms with Crippen molar-refractivity contribution < 1.29 is 9.84 Å². The third kappa shape index (κ3) is 2.33. The number of methoxy groups -OCH3 is 1. The van der Waals surface area contributed by atoms with Crippen LogP contribution < -0.4 is 5.32 Å². The predicted octanol–water partition coefficient (Wildman–Crippen LogP) is 2.12. The minimum absolute atomic E-state index is 0.168. The first-order chi connectivity index (χ1) is 10.2. The number of allylic oxidation sites excluding steroid dienone is 1. The number of fused-ring (bicyclic) bond motifs is 1. The number of unbranched alkanes of at least 4 members (excludes halogenated alkanes) is 2. The fourth-order valence-corrected chi connectivity index (χ4v) is 4.16. The summed E-state index contributed by atoms with van der Waals surface area (Å²) in [6.45, 7) is 0. The highest BCUT2D eigenvalue weighted by molar-refractivity contribution is 5.43. The van der Waals surface area contributed by atoms with Crippen molar-refractivity contribution >= 4 is 0 Å². The Bertz CT molecular complexity index is 471. The average Bonchev–Trinajstić information content (AvgIpc) is 3.37. The van der Waals surface area contributed by atoms with Crippen LogP contribution in [-0.2, 0) is 4.74 Å². The van der Waals surface area contributed by atoms with Gasteiger partial charge in [-0.25, -0.2) is 0 Å². The molecule has 0 aromatic rings. The number of nitrogens with zero attached hydrogens (tertiary/aromatic N) is 1. The molecule has 3 fully saturated rings. The van der Waals surface area contributed by atoms with E-state index < -0.39 is 6.23 Å². The van der Waals surface area contributed by atoms with Gasteiger partial charge in [-0.1, -0.05) is 44.6 Å². The van der Waals surface area contributed by atoms with Crippen molar-refractivity contribution in [3.63, 3.8) is 0 Å². The highest BCUT2D eigenvalue weighted by atomic mass is 16.5. The molecule has 2 N–H and O–H groups in total. The van der Waals surface area contributed by atoms with Crippen LogP contribution in [0.1, 0.15) is 44.9 Å². The fourth-order valence-electron chi connectivity index (χ4n) is 4.16. The average molecular weight is 290 g/mol. The molecule has 2 heterocycles. The van der Waals surface area contributed by atoms with E-state index in [1.165, 1.54) is 38.5 Å². The van der Waals surface area contributed by atoms with E-state index in [2.05, 4.69) is 22.4 Å². The molecule has 2 aliphatic heterocycles. The van der Waals surface area contributed by atoms with Gasteiger partial charge >= 0.3 is 0 Å². The van der Waals surface area contributed by atoms with Crippen LogP contribution in [0.25, 0.3) is 0 Å². The van der Waals surface area contributed by atoms with E-state index in [1.54, 1.807) is 7.11 Å². The van der Waals surface area contributed by atoms with Crippen molar-refractivity contribution in [2.45, 2.75) is 68.9 Å². The molecule has 0 aromatic carbocycles. The van der Waals surface area contributed by atoms with Gasteiger partial charge in [-0.3, -0.25) is 10.2 Å². The number of piperazine rings is 1. The molecule has 4 rings (SSSR count). The van der Waals surface area contributed by atoms with Crippen molar-refractivity contribution in [2.24, 2.45) is 5.92 Å². The van der Waals surface area contributed by atoms with Gasteiger partial charge in [0.25, 0.3) is 0 Å². The zero-order valence-electron chi connectivity index (χ0n) is 12.8. The maximum atomic E-state index is 10.3. The molecule has 1 saturated carbocycles. The summed E-state index contributed by atoms with van der Waals surface area (Å²) in [7, 11) is 1.70. The first kappa shape index (κ1) is 13.8. The third-order valence-corrected chi connectivity index (χ3v) is 5.56. The van der Waals surface area contributed by atoms with Gasteiger partial charge in [0.05, 0.1) is 19.2 Å². The van der Waals surface area contributed by atoms with Crippen molar-refractivity contribution in [3.05, 3.63) is 24.0 Å². The van der Waals surface area contributed by atoms with Gasteiger partial charge in [0.1, 0.15) is 17.6 Å². The maximum Gasteiger partial charge on any atom is 0.122 e. The van der Waals surface area contributed by atoms with Gasteiger partial charge in [-0.2, -0.15) is 0 Å². The Balaban J connectivity index is 1.30. The lowest BCUT2D eigenvalue weighted by Gasteiger charge is -2.21. The van der Waals surface area contributed by atoms with E-state index in [4.69, 9.17) is 4.74 Å². The zero-order chi connectivity index (χ0) is 14.4. The molecule has 0 bridgehead atoms. The molecule has 2 aliphatic carbocycles. The Morgan fingerprint density at radius 3 is 2.90 bits per heavy atom. The van der Waals surface area contributed by atoms with Gasteiger partial charge in [0, 0.05) is 0 Å². The zero-order valence-corrected chi connectivity index (χ0v) is 12.8. The molecular weight excluding hydrogens is 264 g/mol. The van der Waals surface area contributed by atoms with E-state index in [-0.39, 0.29) is 11.7 Å². The second kappa shape index (κ2) is 5.11. The Morgan fingerprint density at radius 2 is 2.14 bits per heavy atom. The lowest BCUT2D eigenvalue weighted by Crippen LogP contribution is -2.42. The molecule has 4 aliphatic rings. The van der Waals surface area contributed by atoms with Crippen molar-refractivity contribution in [2.75, 3.05) is 7.11 Å². The predicted molar refractivity (Wildman–Crippen MR) is 81.3 cm³/mol. The molecular formula is C17H26N2O2. The van der Waals surface area contributed by atoms with Crippen LogP contribution in [0.2, 0.25) is 0 Å². The molecule has 5 atom stereocenters. The number of rotatable bonds is 7. The summed E-state index contributed by atoms with van der Waals surface area (Å²) in [6, 6.07) is 0.643. The Kier molecular flexibility index (Phi) is 3.36. The first-order valence-corrected chi connectivity index (χ1v) is 8.44.